The molecule has 0 bridgehead atoms. The van der Waals surface area contributed by atoms with E-state index in [4.69, 9.17) is 14.6 Å². The number of hydrogen-bond donors (Lipinski definition) is 5. The van der Waals surface area contributed by atoms with E-state index in [9.17, 15) is 24.9 Å². The number of esters is 1. The Morgan fingerprint density at radius 3 is 2.43 bits per heavy atom. The molecule has 1 heterocycles. The number of amides is 1. The fraction of sp³-hybridized carbons (Fsp3) is 0.846. The standard InChI is InChI=1S/C13H23NO9/c1-6(16)14-9-7(17)4-13(22-3,12(20)21-2)23-11(9)10(19)8(18)5-15/h7-11,15,17-19H,4-5H2,1-3H3,(H,14,16)/t7-,8+,9+,10+,11+,13-/m0/s1. The molecule has 10 nitrogen and oxygen atoms in total. The molecule has 1 rings (SSSR count). The maximum atomic E-state index is 11.9. The van der Waals surface area contributed by atoms with Crippen LogP contribution in [0.1, 0.15) is 13.3 Å². The van der Waals surface area contributed by atoms with Gasteiger partial charge in [0.1, 0.15) is 18.3 Å². The maximum absolute atomic E-state index is 11.9. The minimum Gasteiger partial charge on any atom is -0.465 e. The predicted molar refractivity (Wildman–Crippen MR) is 74.0 cm³/mol. The first-order valence-electron chi connectivity index (χ1n) is 6.96. The number of rotatable bonds is 6. The molecule has 10 heteroatoms. The molecule has 0 aliphatic carbocycles. The minimum absolute atomic E-state index is 0.362. The van der Waals surface area contributed by atoms with Gasteiger partial charge in [0.05, 0.1) is 25.9 Å². The predicted octanol–water partition coefficient (Wildman–Crippen LogP) is -3.13. The topological polar surface area (TPSA) is 155 Å². The minimum atomic E-state index is -2.01. The Bertz CT molecular complexity index is 432. The third-order valence-corrected chi connectivity index (χ3v) is 3.69. The van der Waals surface area contributed by atoms with Crippen LogP contribution in [0.15, 0.2) is 0 Å². The lowest BCUT2D eigenvalue weighted by Gasteiger charge is -2.46. The Morgan fingerprint density at radius 2 is 2.00 bits per heavy atom. The monoisotopic (exact) mass is 337 g/mol. The molecular weight excluding hydrogens is 314 g/mol. The summed E-state index contributed by atoms with van der Waals surface area (Å²) < 4.78 is 15.1. The first-order chi connectivity index (χ1) is 10.7. The van der Waals surface area contributed by atoms with Crippen LogP contribution in [0.2, 0.25) is 0 Å². The van der Waals surface area contributed by atoms with Gasteiger partial charge in [-0.1, -0.05) is 0 Å². The van der Waals surface area contributed by atoms with Crippen molar-refractivity contribution in [2.24, 2.45) is 0 Å². The van der Waals surface area contributed by atoms with Crippen molar-refractivity contribution in [1.29, 1.82) is 0 Å². The van der Waals surface area contributed by atoms with Crippen molar-refractivity contribution in [3.05, 3.63) is 0 Å². The van der Waals surface area contributed by atoms with Crippen LogP contribution in [0.5, 0.6) is 0 Å². The molecule has 23 heavy (non-hydrogen) atoms. The zero-order valence-corrected chi connectivity index (χ0v) is 13.1. The number of aliphatic hydroxyl groups is 4. The van der Waals surface area contributed by atoms with Crippen LogP contribution < -0.4 is 5.32 Å². The van der Waals surface area contributed by atoms with Gasteiger partial charge in [-0.05, 0) is 0 Å². The fourth-order valence-corrected chi connectivity index (χ4v) is 2.49. The fourth-order valence-electron chi connectivity index (χ4n) is 2.49. The normalized spacial score (nSPS) is 33.6. The van der Waals surface area contributed by atoms with Gasteiger partial charge in [-0.2, -0.15) is 0 Å². The van der Waals surface area contributed by atoms with Crippen molar-refractivity contribution < 1.29 is 44.2 Å². The van der Waals surface area contributed by atoms with Gasteiger partial charge >= 0.3 is 5.97 Å². The zero-order valence-electron chi connectivity index (χ0n) is 13.1. The third kappa shape index (κ3) is 4.16. The first-order valence-corrected chi connectivity index (χ1v) is 6.96. The van der Waals surface area contributed by atoms with Gasteiger partial charge in [0.25, 0.3) is 5.79 Å². The molecule has 0 saturated carbocycles. The van der Waals surface area contributed by atoms with Crippen LogP contribution >= 0.6 is 0 Å². The molecule has 0 unspecified atom stereocenters. The molecule has 134 valence electrons. The van der Waals surface area contributed by atoms with E-state index >= 15 is 0 Å². The second kappa shape index (κ2) is 7.99. The number of methoxy groups -OCH3 is 2. The van der Waals surface area contributed by atoms with Crippen molar-refractivity contribution in [3.63, 3.8) is 0 Å². The number of carbonyl (C=O) groups excluding carboxylic acids is 2. The Hall–Kier alpha value is -1.30. The summed E-state index contributed by atoms with van der Waals surface area (Å²) in [6.45, 7) is 0.402. The molecule has 0 aromatic carbocycles. The van der Waals surface area contributed by atoms with Crippen molar-refractivity contribution in [1.82, 2.24) is 5.32 Å². The summed E-state index contributed by atoms with van der Waals surface area (Å²) in [7, 11) is 2.24. The van der Waals surface area contributed by atoms with E-state index in [2.05, 4.69) is 10.1 Å². The quantitative estimate of drug-likeness (QED) is 0.316. The average molecular weight is 337 g/mol. The number of aliphatic hydroxyl groups excluding tert-OH is 4. The van der Waals surface area contributed by atoms with Crippen molar-refractivity contribution in [2.75, 3.05) is 20.8 Å². The molecule has 0 aromatic heterocycles. The molecule has 1 aliphatic heterocycles. The summed E-state index contributed by atoms with van der Waals surface area (Å²) in [5, 5.41) is 41.4. The Morgan fingerprint density at radius 1 is 1.39 bits per heavy atom. The summed E-state index contributed by atoms with van der Waals surface area (Å²) in [6, 6.07) is -1.13. The Balaban J connectivity index is 3.17. The summed E-state index contributed by atoms with van der Waals surface area (Å²) in [5.74, 6) is -3.48. The van der Waals surface area contributed by atoms with Gasteiger partial charge in [-0.25, -0.2) is 4.79 Å². The van der Waals surface area contributed by atoms with E-state index < -0.39 is 54.7 Å². The zero-order chi connectivity index (χ0) is 17.8. The lowest BCUT2D eigenvalue weighted by atomic mass is 9.88. The number of ether oxygens (including phenoxy) is 3. The van der Waals surface area contributed by atoms with E-state index in [1.54, 1.807) is 0 Å². The lowest BCUT2D eigenvalue weighted by molar-refractivity contribution is -0.305. The van der Waals surface area contributed by atoms with E-state index in [-0.39, 0.29) is 6.42 Å². The second-order valence-electron chi connectivity index (χ2n) is 5.27. The molecule has 1 amide bonds. The maximum Gasteiger partial charge on any atom is 0.366 e. The highest BCUT2D eigenvalue weighted by molar-refractivity contribution is 5.78. The Labute approximate surface area is 133 Å². The number of carbonyl (C=O) groups is 2. The summed E-state index contributed by atoms with van der Waals surface area (Å²) >= 11 is 0. The van der Waals surface area contributed by atoms with Crippen LogP contribution in [0.3, 0.4) is 0 Å². The highest BCUT2D eigenvalue weighted by atomic mass is 16.7. The Kier molecular flexibility index (Phi) is 6.86. The largest absolute Gasteiger partial charge is 0.465 e. The first kappa shape index (κ1) is 19.7. The molecular formula is C13H23NO9. The van der Waals surface area contributed by atoms with Gasteiger partial charge < -0.3 is 40.0 Å². The average Bonchev–Trinajstić information content (AvgIpc) is 2.53. The van der Waals surface area contributed by atoms with Crippen LogP contribution in [0.4, 0.5) is 0 Å². The molecule has 0 aromatic rings. The SMILES string of the molecule is COC(=O)[C@]1(OC)C[C@H](O)[C@@H](NC(C)=O)[C@H]([C@H](O)[C@H](O)CO)O1. The number of hydrogen-bond acceptors (Lipinski definition) is 9. The van der Waals surface area contributed by atoms with E-state index in [1.807, 2.05) is 0 Å². The van der Waals surface area contributed by atoms with E-state index in [0.717, 1.165) is 14.2 Å². The van der Waals surface area contributed by atoms with Gasteiger partial charge in [-0.3, -0.25) is 4.79 Å². The highest BCUT2D eigenvalue weighted by Gasteiger charge is 2.55. The number of nitrogens with one attached hydrogen (secondary N) is 1. The third-order valence-electron chi connectivity index (χ3n) is 3.69. The molecule has 1 fully saturated rings. The van der Waals surface area contributed by atoms with Crippen LogP contribution in [0, 0.1) is 0 Å². The summed E-state index contributed by atoms with van der Waals surface area (Å²) in [4.78, 5) is 23.2. The van der Waals surface area contributed by atoms with Crippen molar-refractivity contribution in [2.45, 2.75) is 49.6 Å². The van der Waals surface area contributed by atoms with Gasteiger partial charge in [0.2, 0.25) is 5.91 Å². The molecule has 6 atom stereocenters. The molecule has 1 aliphatic rings. The highest BCUT2D eigenvalue weighted by Crippen LogP contribution is 2.33. The molecule has 0 radical (unpaired) electrons. The van der Waals surface area contributed by atoms with Crippen LogP contribution in [-0.4, -0.2) is 89.4 Å². The second-order valence-corrected chi connectivity index (χ2v) is 5.27. The van der Waals surface area contributed by atoms with E-state index in [0.29, 0.717) is 0 Å². The van der Waals surface area contributed by atoms with Gasteiger partial charge in [0.15, 0.2) is 0 Å². The van der Waals surface area contributed by atoms with Crippen molar-refractivity contribution in [3.8, 4) is 0 Å². The van der Waals surface area contributed by atoms with E-state index in [1.165, 1.54) is 6.92 Å². The van der Waals surface area contributed by atoms with Crippen LogP contribution in [-0.2, 0) is 23.8 Å². The lowest BCUT2D eigenvalue weighted by Crippen LogP contribution is -2.67. The summed E-state index contributed by atoms with van der Waals surface area (Å²) in [5.41, 5.74) is 0. The molecule has 5 N–H and O–H groups in total. The smallest absolute Gasteiger partial charge is 0.366 e. The summed E-state index contributed by atoms with van der Waals surface area (Å²) in [6.07, 6.45) is -6.44. The molecule has 0 spiro atoms. The van der Waals surface area contributed by atoms with Gasteiger partial charge in [0, 0.05) is 20.5 Å². The van der Waals surface area contributed by atoms with Gasteiger partial charge in [-0.15, -0.1) is 0 Å². The van der Waals surface area contributed by atoms with Crippen molar-refractivity contribution >= 4 is 11.9 Å². The molecule has 1 saturated heterocycles. The van der Waals surface area contributed by atoms with Crippen LogP contribution in [0.25, 0.3) is 0 Å².